The van der Waals surface area contributed by atoms with Crippen molar-refractivity contribution in [3.05, 3.63) is 0 Å². The van der Waals surface area contributed by atoms with Crippen LogP contribution >= 0.6 is 12.4 Å². The molecule has 0 aliphatic carbocycles. The van der Waals surface area contributed by atoms with Crippen molar-refractivity contribution < 1.29 is 9.90 Å². The van der Waals surface area contributed by atoms with Crippen molar-refractivity contribution >= 4 is 18.4 Å². The zero-order valence-corrected chi connectivity index (χ0v) is 7.36. The van der Waals surface area contributed by atoms with Crippen molar-refractivity contribution in [2.75, 3.05) is 6.54 Å². The zero-order valence-electron chi connectivity index (χ0n) is 6.54. The maximum Gasteiger partial charge on any atom is 0.308 e. The Bertz CT molecular complexity index is 140. The Morgan fingerprint density at radius 3 is 2.73 bits per heavy atom. The van der Waals surface area contributed by atoms with Gasteiger partial charge in [0, 0.05) is 6.04 Å². The Morgan fingerprint density at radius 2 is 2.36 bits per heavy atom. The summed E-state index contributed by atoms with van der Waals surface area (Å²) in [6.07, 6.45) is 1.70. The van der Waals surface area contributed by atoms with E-state index in [0.717, 1.165) is 19.4 Å². The minimum absolute atomic E-state index is 0. The van der Waals surface area contributed by atoms with E-state index in [-0.39, 0.29) is 24.4 Å². The number of hydrogen-bond donors (Lipinski definition) is 2. The van der Waals surface area contributed by atoms with E-state index in [4.69, 9.17) is 5.11 Å². The van der Waals surface area contributed by atoms with Crippen LogP contribution in [-0.2, 0) is 4.79 Å². The minimum atomic E-state index is -0.656. The van der Waals surface area contributed by atoms with Crippen LogP contribution in [-0.4, -0.2) is 23.7 Å². The summed E-state index contributed by atoms with van der Waals surface area (Å²) in [7, 11) is 0. The fourth-order valence-corrected chi connectivity index (χ4v) is 1.49. The van der Waals surface area contributed by atoms with Crippen LogP contribution in [0.15, 0.2) is 0 Å². The van der Waals surface area contributed by atoms with Gasteiger partial charge in [0.25, 0.3) is 0 Å². The van der Waals surface area contributed by atoms with Gasteiger partial charge in [-0.25, -0.2) is 0 Å². The molecule has 0 aromatic carbocycles. The van der Waals surface area contributed by atoms with Crippen LogP contribution < -0.4 is 5.32 Å². The molecule has 2 atom stereocenters. The first-order valence-corrected chi connectivity index (χ1v) is 3.72. The molecule has 3 nitrogen and oxygen atoms in total. The highest BCUT2D eigenvalue weighted by molar-refractivity contribution is 5.85. The van der Waals surface area contributed by atoms with Gasteiger partial charge in [-0.2, -0.15) is 0 Å². The molecule has 1 aliphatic rings. The number of halogens is 1. The first-order valence-electron chi connectivity index (χ1n) is 3.72. The lowest BCUT2D eigenvalue weighted by molar-refractivity contribution is -0.142. The first kappa shape index (κ1) is 10.7. The molecule has 0 saturated carbocycles. The maximum absolute atomic E-state index is 10.5. The van der Waals surface area contributed by atoms with E-state index in [1.54, 1.807) is 0 Å². The van der Waals surface area contributed by atoms with E-state index in [1.165, 1.54) is 0 Å². The predicted octanol–water partition coefficient (Wildman–Crippen LogP) is 0.881. The molecule has 1 fully saturated rings. The third kappa shape index (κ3) is 2.34. The zero-order chi connectivity index (χ0) is 7.56. The number of carbonyl (C=O) groups is 1. The Balaban J connectivity index is 0.000001000. The van der Waals surface area contributed by atoms with Crippen LogP contribution in [0.2, 0.25) is 0 Å². The smallest absolute Gasteiger partial charge is 0.308 e. The third-order valence-corrected chi connectivity index (χ3v) is 2.10. The molecule has 2 N–H and O–H groups in total. The topological polar surface area (TPSA) is 49.3 Å². The lowest BCUT2D eigenvalue weighted by Crippen LogP contribution is -2.30. The van der Waals surface area contributed by atoms with Gasteiger partial charge in [-0.3, -0.25) is 4.79 Å². The van der Waals surface area contributed by atoms with E-state index >= 15 is 0 Å². The molecule has 0 amide bonds. The van der Waals surface area contributed by atoms with Gasteiger partial charge in [0.2, 0.25) is 0 Å². The molecular formula is C7H14ClNO2. The summed E-state index contributed by atoms with van der Waals surface area (Å²) in [6, 6.07) is 0.206. The lowest BCUT2D eigenvalue weighted by Gasteiger charge is -2.12. The minimum Gasteiger partial charge on any atom is -0.481 e. The van der Waals surface area contributed by atoms with Crippen LogP contribution in [0.3, 0.4) is 0 Å². The summed E-state index contributed by atoms with van der Waals surface area (Å²) in [5.41, 5.74) is 0. The molecule has 2 unspecified atom stereocenters. The van der Waals surface area contributed by atoms with E-state index < -0.39 is 5.97 Å². The Hall–Kier alpha value is -0.280. The lowest BCUT2D eigenvalue weighted by atomic mass is 9.99. The molecule has 66 valence electrons. The average Bonchev–Trinajstić information content (AvgIpc) is 2.33. The molecule has 4 heteroatoms. The van der Waals surface area contributed by atoms with Gasteiger partial charge in [-0.15, -0.1) is 12.4 Å². The molecule has 0 aromatic heterocycles. The summed E-state index contributed by atoms with van der Waals surface area (Å²) in [5, 5.41) is 11.8. The second-order valence-corrected chi connectivity index (χ2v) is 2.70. The Morgan fingerprint density at radius 1 is 1.73 bits per heavy atom. The fourth-order valence-electron chi connectivity index (χ4n) is 1.49. The quantitative estimate of drug-likeness (QED) is 0.662. The van der Waals surface area contributed by atoms with Gasteiger partial charge >= 0.3 is 5.97 Å². The molecule has 1 heterocycles. The van der Waals surface area contributed by atoms with Crippen LogP contribution in [0.4, 0.5) is 0 Å². The van der Waals surface area contributed by atoms with Gasteiger partial charge in [0.1, 0.15) is 0 Å². The van der Waals surface area contributed by atoms with Crippen LogP contribution in [0, 0.1) is 5.92 Å². The highest BCUT2D eigenvalue weighted by Crippen LogP contribution is 2.17. The molecule has 11 heavy (non-hydrogen) atoms. The first-order chi connectivity index (χ1) is 4.75. The molecule has 1 rings (SSSR count). The highest BCUT2D eigenvalue weighted by atomic mass is 35.5. The summed E-state index contributed by atoms with van der Waals surface area (Å²) >= 11 is 0. The van der Waals surface area contributed by atoms with Gasteiger partial charge in [-0.05, 0) is 19.4 Å². The number of carboxylic acid groups (broad SMARTS) is 1. The van der Waals surface area contributed by atoms with Gasteiger partial charge < -0.3 is 10.4 Å². The molecule has 0 spiro atoms. The summed E-state index contributed by atoms with van der Waals surface area (Å²) < 4.78 is 0. The normalized spacial score (nSPS) is 29.5. The number of carboxylic acids is 1. The van der Waals surface area contributed by atoms with Gasteiger partial charge in [-0.1, -0.05) is 6.92 Å². The standard InChI is InChI=1S/C7H13NO2.ClH/c1-2-6-5(7(9)10)3-4-8-6;/h5-6,8H,2-4H2,1H3,(H,9,10);1H. The van der Waals surface area contributed by atoms with Crippen LogP contribution in [0.5, 0.6) is 0 Å². The summed E-state index contributed by atoms with van der Waals surface area (Å²) in [6.45, 7) is 2.87. The number of hydrogen-bond acceptors (Lipinski definition) is 2. The maximum atomic E-state index is 10.5. The predicted molar refractivity (Wildman–Crippen MR) is 45.1 cm³/mol. The van der Waals surface area contributed by atoms with E-state index in [9.17, 15) is 4.79 Å². The van der Waals surface area contributed by atoms with Crippen molar-refractivity contribution in [3.63, 3.8) is 0 Å². The van der Waals surface area contributed by atoms with E-state index in [2.05, 4.69) is 5.32 Å². The van der Waals surface area contributed by atoms with Crippen molar-refractivity contribution in [1.82, 2.24) is 5.32 Å². The third-order valence-electron chi connectivity index (χ3n) is 2.10. The van der Waals surface area contributed by atoms with Crippen molar-refractivity contribution in [2.45, 2.75) is 25.8 Å². The number of aliphatic carboxylic acids is 1. The average molecular weight is 180 g/mol. The van der Waals surface area contributed by atoms with Crippen molar-refractivity contribution in [1.29, 1.82) is 0 Å². The number of nitrogens with one attached hydrogen (secondary N) is 1. The van der Waals surface area contributed by atoms with Gasteiger partial charge in [0.15, 0.2) is 0 Å². The molecular weight excluding hydrogens is 166 g/mol. The van der Waals surface area contributed by atoms with Crippen LogP contribution in [0.25, 0.3) is 0 Å². The molecule has 1 saturated heterocycles. The van der Waals surface area contributed by atoms with Crippen molar-refractivity contribution in [2.24, 2.45) is 5.92 Å². The second-order valence-electron chi connectivity index (χ2n) is 2.70. The monoisotopic (exact) mass is 179 g/mol. The Kier molecular flexibility index (Phi) is 4.45. The van der Waals surface area contributed by atoms with E-state index in [0.29, 0.717) is 0 Å². The van der Waals surface area contributed by atoms with Crippen molar-refractivity contribution in [3.8, 4) is 0 Å². The summed E-state index contributed by atoms with van der Waals surface area (Å²) in [4.78, 5) is 10.5. The molecule has 0 radical (unpaired) electrons. The van der Waals surface area contributed by atoms with E-state index in [1.807, 2.05) is 6.92 Å². The molecule has 1 aliphatic heterocycles. The largest absolute Gasteiger partial charge is 0.481 e. The highest BCUT2D eigenvalue weighted by Gasteiger charge is 2.30. The molecule has 0 aromatic rings. The molecule has 0 bridgehead atoms. The van der Waals surface area contributed by atoms with Crippen LogP contribution in [0.1, 0.15) is 19.8 Å². The Labute approximate surface area is 72.6 Å². The number of rotatable bonds is 2. The second kappa shape index (κ2) is 4.57. The summed E-state index contributed by atoms with van der Waals surface area (Å²) in [5.74, 6) is -0.804. The SMILES string of the molecule is CCC1NCCC1C(=O)O.Cl. The van der Waals surface area contributed by atoms with Gasteiger partial charge in [0.05, 0.1) is 5.92 Å². The fraction of sp³-hybridized carbons (Fsp3) is 0.857.